The van der Waals surface area contributed by atoms with Gasteiger partial charge in [-0.15, -0.1) is 21.5 Å². The van der Waals surface area contributed by atoms with Crippen molar-refractivity contribution in [3.05, 3.63) is 363 Å². The highest BCUT2D eigenvalue weighted by atomic mass is 32.2. The van der Waals surface area contributed by atoms with Crippen LogP contribution in [0.5, 0.6) is 0 Å². The largest absolute Gasteiger partial charge is 0.365 e. The molecular weight excluding hydrogens is 1830 g/mol. The number of nitrogens with one attached hydrogen (secondary N) is 2. The van der Waals surface area contributed by atoms with Crippen molar-refractivity contribution in [3.63, 3.8) is 0 Å². The Bertz CT molecular complexity index is 7370. The maximum absolute atomic E-state index is 11.5. The van der Waals surface area contributed by atoms with Crippen LogP contribution in [0.15, 0.2) is 262 Å². The van der Waals surface area contributed by atoms with E-state index >= 15 is 0 Å². The highest BCUT2D eigenvalue weighted by Crippen LogP contribution is 2.39. The highest BCUT2D eigenvalue weighted by Gasteiger charge is 2.28. The zero-order chi connectivity index (χ0) is 104. The van der Waals surface area contributed by atoms with E-state index in [2.05, 4.69) is 390 Å². The summed E-state index contributed by atoms with van der Waals surface area (Å²) in [6.45, 7) is 64.0. The second-order valence-electron chi connectivity index (χ2n) is 41.7. The summed E-state index contributed by atoms with van der Waals surface area (Å²) in [5.41, 5.74) is 38.6. The van der Waals surface area contributed by atoms with Crippen molar-refractivity contribution >= 4 is 93.0 Å². The van der Waals surface area contributed by atoms with E-state index in [9.17, 15) is 8.42 Å². The molecule has 25 heteroatoms. The third-order valence-corrected chi connectivity index (χ3v) is 29.2. The molecule has 23 rings (SSSR count). The van der Waals surface area contributed by atoms with Gasteiger partial charge in [-0.2, -0.15) is 5.10 Å². The number of H-pyrrole nitrogens is 2. The molecule has 145 heavy (non-hydrogen) atoms. The summed E-state index contributed by atoms with van der Waals surface area (Å²) in [5.74, 6) is 4.95. The van der Waals surface area contributed by atoms with Crippen molar-refractivity contribution in [2.24, 2.45) is 0 Å². The van der Waals surface area contributed by atoms with Gasteiger partial charge in [0.1, 0.15) is 34.6 Å². The number of imidazole rings is 4. The minimum atomic E-state index is -3.20. The molecule has 2 aliphatic heterocycles. The first-order chi connectivity index (χ1) is 69.2. The van der Waals surface area contributed by atoms with Crippen molar-refractivity contribution < 1.29 is 8.42 Å². The summed E-state index contributed by atoms with van der Waals surface area (Å²) in [4.78, 5) is 41.3. The highest BCUT2D eigenvalue weighted by molar-refractivity contribution is 7.89. The summed E-state index contributed by atoms with van der Waals surface area (Å²) >= 11 is 1.70. The lowest BCUT2D eigenvalue weighted by molar-refractivity contribution is 0.203. The molecule has 3 aromatic carbocycles. The van der Waals surface area contributed by atoms with Crippen molar-refractivity contribution in [1.82, 2.24) is 100 Å². The van der Waals surface area contributed by atoms with Gasteiger partial charge in [0.2, 0.25) is 10.0 Å². The van der Waals surface area contributed by atoms with Crippen LogP contribution in [0.4, 0.5) is 0 Å². The molecule has 0 saturated heterocycles. The third kappa shape index (κ3) is 27.9. The number of rotatable bonds is 12. The Balaban J connectivity index is 0.000000134. The number of nitrogens with zero attached hydrogens (tertiary/aromatic N) is 19. The first kappa shape index (κ1) is 109. The van der Waals surface area contributed by atoms with Crippen LogP contribution in [-0.2, 0) is 29.4 Å². The molecule has 19 heterocycles. The van der Waals surface area contributed by atoms with Crippen LogP contribution >= 0.6 is 11.3 Å². The van der Waals surface area contributed by atoms with Crippen LogP contribution in [-0.4, -0.2) is 147 Å². The fourth-order valence-electron chi connectivity index (χ4n) is 18.8. The molecule has 0 radical (unpaired) electrons. The number of thiazole rings is 1. The zero-order valence-corrected chi connectivity index (χ0v) is 92.3. The molecule has 0 atom stereocenters. The molecule has 20 aromatic rings. The van der Waals surface area contributed by atoms with Crippen LogP contribution in [0.2, 0.25) is 0 Å². The molecule has 0 fully saturated rings. The normalized spacial score (nSPS) is 13.0. The van der Waals surface area contributed by atoms with Gasteiger partial charge in [-0.1, -0.05) is 173 Å². The zero-order valence-electron chi connectivity index (χ0n) is 90.7. The second kappa shape index (κ2) is 49.5. The molecule has 3 aliphatic rings. The van der Waals surface area contributed by atoms with Crippen LogP contribution in [0.3, 0.4) is 0 Å². The average molecular weight is 1990 g/mol. The van der Waals surface area contributed by atoms with E-state index in [-0.39, 0.29) is 0 Å². The Morgan fingerprint density at radius 2 is 0.972 bits per heavy atom. The van der Waals surface area contributed by atoms with Gasteiger partial charge in [0.25, 0.3) is 0 Å². The Morgan fingerprint density at radius 3 is 1.61 bits per heavy atom. The number of aryl methyl sites for hydroxylation is 5. The topological polar surface area (TPSA) is 232 Å². The van der Waals surface area contributed by atoms with Gasteiger partial charge in [-0.3, -0.25) is 14.2 Å². The smallest absolute Gasteiger partial charge is 0.236 e. The molecular formula is C120H153N21O2S2. The number of hydrogen-bond donors (Lipinski definition) is 2. The summed E-state index contributed by atoms with van der Waals surface area (Å²) in [6.07, 6.45) is 41.5. The van der Waals surface area contributed by atoms with Gasteiger partial charge >= 0.3 is 0 Å². The number of fused-ring (bicyclic) bond motifs is 12. The SMILES string of the molecule is CC(C)N1CCC2=C(Cc3ccccc32)C1.CC(C)N1CCc2[nH]ccc2C1.CC(C)c1ccc2c(ccn2S(C)(=O)=O)c1.CC(C)c1ccc2nncn2c1.CC(C)c1ccc2scnc2c1.CC(C)c1cnc2[nH]ccc2c1.CC(C)c1cnc2ccnn2c1.Cc1c(C(C)C)ccc2nccn12.Cc1cc2nccn2c(C)c1C(C)C.Cc1cc2nccn2cc1C(C)C.Cc1cc2nccn2cc1C(C)C. The Labute approximate surface area is 863 Å². The standard InChI is InChI=1S/C15H19N.C12H16N2.C12H15NO2S.3C11H14N2.C10H16N2.C10H12N2.C10H11NS.2C9H11N3/c1-11(2)16-8-7-15-13(10-16)9-12-5-3-4-6-14(12)15;1-8(2)12-9(3)7-11-13-5-6-14(11)10(12)4;1-9(2)10-4-5-12-11(8-10)6-7-13(12)16(3,14)15;2*1-8(2)10-7-13-5-4-12-11(13)6-9(10)3;1-8(2)10-4-5-11-12-6-7-13(11)9(10)3;1-8(2)12-6-4-10-9(7-12)3-5-11-10;1-7(2)9-5-8-3-4-11-10(8)12-6-9;1-7(2)8-3-4-10-9(5-8)11-6-12-10;1-7(2)8-5-10-9-3-4-11-12(9)6-8;1-7(2)8-3-4-9-11-10-6-12(9)5-8/h3-6,11H,7-10H2,1-2H3;5-8H,1-4H3;4-9H,1-3H3;3*4-8H,1-3H3;3,5,8,11H,4,6-7H2,1-2H3;3-7H,1-2H3,(H,11,12);3*3-7H,1-2H3. The molecule has 0 bridgehead atoms. The molecule has 0 saturated carbocycles. The van der Waals surface area contributed by atoms with E-state index < -0.39 is 10.0 Å². The second-order valence-corrected chi connectivity index (χ2v) is 44.4. The van der Waals surface area contributed by atoms with Crippen LogP contribution < -0.4 is 0 Å². The molecule has 0 unspecified atom stereocenters. The number of aromatic amines is 2. The average Bonchev–Trinajstić information content (AvgIpc) is 1.68. The van der Waals surface area contributed by atoms with Gasteiger partial charge in [-0.25, -0.2) is 51.8 Å². The molecule has 0 spiro atoms. The van der Waals surface area contributed by atoms with Crippen molar-refractivity contribution in [2.45, 2.75) is 278 Å². The number of benzene rings is 3. The molecule has 762 valence electrons. The van der Waals surface area contributed by atoms with E-state index in [0.717, 1.165) is 62.5 Å². The van der Waals surface area contributed by atoms with Gasteiger partial charge in [0, 0.05) is 184 Å². The fourth-order valence-corrected chi connectivity index (χ4v) is 20.2. The Hall–Kier alpha value is -13.3. The van der Waals surface area contributed by atoms with Crippen LogP contribution in [0.1, 0.15) is 313 Å². The number of aromatic nitrogens is 19. The first-order valence-corrected chi connectivity index (χ1v) is 54.2. The predicted molar refractivity (Wildman–Crippen MR) is 604 cm³/mol. The molecule has 23 nitrogen and oxygen atoms in total. The van der Waals surface area contributed by atoms with Crippen molar-refractivity contribution in [1.29, 1.82) is 0 Å². The lowest BCUT2D eigenvalue weighted by Gasteiger charge is -2.31. The van der Waals surface area contributed by atoms with Gasteiger partial charge in [0.05, 0.1) is 33.7 Å². The van der Waals surface area contributed by atoms with Crippen LogP contribution in [0, 0.1) is 34.6 Å². The lowest BCUT2D eigenvalue weighted by atomic mass is 9.97. The van der Waals surface area contributed by atoms with E-state index in [0.29, 0.717) is 65.3 Å². The third-order valence-electron chi connectivity index (χ3n) is 27.4. The number of hydrogen-bond acceptors (Lipinski definition) is 15. The maximum Gasteiger partial charge on any atom is 0.236 e. The van der Waals surface area contributed by atoms with Crippen LogP contribution in [0.25, 0.3) is 71.6 Å². The van der Waals surface area contributed by atoms with Gasteiger partial charge in [-0.05, 0) is 302 Å². The first-order valence-electron chi connectivity index (χ1n) is 51.5. The summed E-state index contributed by atoms with van der Waals surface area (Å²) in [7, 11) is -3.20. The van der Waals surface area contributed by atoms with Gasteiger partial charge in [0.15, 0.2) is 11.3 Å². The summed E-state index contributed by atoms with van der Waals surface area (Å²) in [6, 6.07) is 47.6. The lowest BCUT2D eigenvalue weighted by Crippen LogP contribution is -2.36. The van der Waals surface area contributed by atoms with E-state index in [1.165, 1.54) is 160 Å². The molecule has 2 N–H and O–H groups in total. The minimum Gasteiger partial charge on any atom is -0.365 e. The molecule has 0 amide bonds. The minimum absolute atomic E-state index is 0.450. The van der Waals surface area contributed by atoms with Crippen molar-refractivity contribution in [2.75, 3.05) is 25.9 Å². The Kier molecular flexibility index (Phi) is 37.2. The molecule has 1 aliphatic carbocycles. The monoisotopic (exact) mass is 1980 g/mol. The van der Waals surface area contributed by atoms with Gasteiger partial charge < -0.3 is 27.6 Å². The van der Waals surface area contributed by atoms with E-state index in [1.54, 1.807) is 45.7 Å². The maximum atomic E-state index is 11.5. The van der Waals surface area contributed by atoms with E-state index in [4.69, 9.17) is 0 Å². The number of pyridine rings is 6. The molecule has 17 aromatic heterocycles. The predicted octanol–water partition coefficient (Wildman–Crippen LogP) is 28.6. The van der Waals surface area contributed by atoms with Crippen molar-refractivity contribution in [3.8, 4) is 0 Å². The summed E-state index contributed by atoms with van der Waals surface area (Å²) < 4.78 is 37.7. The quantitative estimate of drug-likeness (QED) is 0.116. The Morgan fingerprint density at radius 1 is 0.407 bits per heavy atom. The fraction of sp³-hybridized carbons (Fsp3) is 0.383. The summed E-state index contributed by atoms with van der Waals surface area (Å²) in [5, 5.41) is 14.0. The van der Waals surface area contributed by atoms with E-state index in [1.807, 2.05) is 127 Å².